The standard InChI is InChI=1S/C19H24FN5O2S/c1-2-17-12-24-14-21-18(11-19(24)22-17)23-6-8-25(9-7-23)28(26,27)13-15-4-3-5-16(20)10-15/h3-5,10-11,14,17H,2,6-9,12-13H2,1H3/t17-/m1/s1. The second-order valence-electron chi connectivity index (χ2n) is 7.22. The van der Waals surface area contributed by atoms with Crippen LogP contribution in [0.1, 0.15) is 18.9 Å². The number of sulfonamides is 1. The van der Waals surface area contributed by atoms with Crippen LogP contribution >= 0.6 is 0 Å². The summed E-state index contributed by atoms with van der Waals surface area (Å²) >= 11 is 0. The van der Waals surface area contributed by atoms with Crippen LogP contribution in [-0.4, -0.2) is 73.5 Å². The summed E-state index contributed by atoms with van der Waals surface area (Å²) in [5.74, 6) is 1.15. The lowest BCUT2D eigenvalue weighted by molar-refractivity contribution is 0.227. The van der Waals surface area contributed by atoms with Crippen molar-refractivity contribution in [2.45, 2.75) is 25.1 Å². The monoisotopic (exact) mass is 405 g/mol. The molecule has 1 aromatic rings. The van der Waals surface area contributed by atoms with Crippen LogP contribution in [0.4, 0.5) is 4.39 Å². The summed E-state index contributed by atoms with van der Waals surface area (Å²) < 4.78 is 40.2. The SMILES string of the molecule is CC[C@@H]1CN2C=NC(N3CCN(S(=O)(=O)Cc4cccc(F)c4)CC3)=CC2=N1. The van der Waals surface area contributed by atoms with Crippen molar-refractivity contribution in [3.63, 3.8) is 0 Å². The number of rotatable bonds is 5. The number of piperazine rings is 1. The molecule has 9 heteroatoms. The van der Waals surface area contributed by atoms with Gasteiger partial charge in [0.2, 0.25) is 10.0 Å². The van der Waals surface area contributed by atoms with E-state index < -0.39 is 15.8 Å². The van der Waals surface area contributed by atoms with Crippen molar-refractivity contribution in [2.75, 3.05) is 32.7 Å². The number of amidine groups is 1. The fourth-order valence-corrected chi connectivity index (χ4v) is 5.15. The first-order valence-electron chi connectivity index (χ1n) is 9.52. The van der Waals surface area contributed by atoms with Crippen LogP contribution in [0, 0.1) is 5.82 Å². The van der Waals surface area contributed by atoms with Crippen molar-refractivity contribution in [1.29, 1.82) is 0 Å². The van der Waals surface area contributed by atoms with Gasteiger partial charge in [-0.3, -0.25) is 4.99 Å². The summed E-state index contributed by atoms with van der Waals surface area (Å²) in [6, 6.07) is 6.06. The summed E-state index contributed by atoms with van der Waals surface area (Å²) in [6.07, 6.45) is 4.79. The minimum atomic E-state index is -3.48. The van der Waals surface area contributed by atoms with E-state index in [4.69, 9.17) is 4.99 Å². The number of hydrogen-bond acceptors (Lipinski definition) is 6. The number of aliphatic imine (C=N–C) groups is 2. The quantitative estimate of drug-likeness (QED) is 0.747. The van der Waals surface area contributed by atoms with Crippen molar-refractivity contribution >= 4 is 22.2 Å². The zero-order valence-corrected chi connectivity index (χ0v) is 16.6. The minimum Gasteiger partial charge on any atom is -0.354 e. The Balaban J connectivity index is 1.39. The van der Waals surface area contributed by atoms with Gasteiger partial charge in [0, 0.05) is 38.8 Å². The maximum atomic E-state index is 13.3. The Morgan fingerprint density at radius 2 is 2.00 bits per heavy atom. The third-order valence-corrected chi connectivity index (χ3v) is 7.12. The van der Waals surface area contributed by atoms with E-state index in [1.165, 1.54) is 22.5 Å². The smallest absolute Gasteiger partial charge is 0.218 e. The number of fused-ring (bicyclic) bond motifs is 1. The fraction of sp³-hybridized carbons (Fsp3) is 0.474. The summed E-state index contributed by atoms with van der Waals surface area (Å²) in [7, 11) is -3.48. The largest absolute Gasteiger partial charge is 0.354 e. The van der Waals surface area contributed by atoms with Gasteiger partial charge in [-0.2, -0.15) is 4.31 Å². The van der Waals surface area contributed by atoms with E-state index in [1.807, 2.05) is 12.4 Å². The molecule has 7 nitrogen and oxygen atoms in total. The molecule has 0 saturated carbocycles. The van der Waals surface area contributed by atoms with E-state index in [0.29, 0.717) is 37.8 Å². The first-order chi connectivity index (χ1) is 13.4. The van der Waals surface area contributed by atoms with Crippen LogP contribution in [0.15, 0.2) is 46.1 Å². The van der Waals surface area contributed by atoms with Crippen molar-refractivity contribution in [3.05, 3.63) is 47.5 Å². The Labute approximate surface area is 164 Å². The first kappa shape index (κ1) is 19.1. The molecule has 3 heterocycles. The lowest BCUT2D eigenvalue weighted by atomic mass is 10.2. The normalized spacial score (nSPS) is 22.9. The number of nitrogens with zero attached hydrogens (tertiary/aromatic N) is 5. The summed E-state index contributed by atoms with van der Waals surface area (Å²) in [4.78, 5) is 13.4. The summed E-state index contributed by atoms with van der Waals surface area (Å²) in [5.41, 5.74) is 0.465. The Bertz CT molecular complexity index is 935. The molecule has 1 atom stereocenters. The van der Waals surface area contributed by atoms with Crippen LogP contribution in [0.25, 0.3) is 0 Å². The first-order valence-corrected chi connectivity index (χ1v) is 11.1. The molecule has 150 valence electrons. The van der Waals surface area contributed by atoms with E-state index in [1.54, 1.807) is 6.07 Å². The maximum Gasteiger partial charge on any atom is 0.218 e. The van der Waals surface area contributed by atoms with Gasteiger partial charge in [-0.1, -0.05) is 19.1 Å². The van der Waals surface area contributed by atoms with Crippen LogP contribution in [0.5, 0.6) is 0 Å². The van der Waals surface area contributed by atoms with E-state index in [0.717, 1.165) is 24.6 Å². The number of hydrogen-bond donors (Lipinski definition) is 0. The second kappa shape index (κ2) is 7.63. The van der Waals surface area contributed by atoms with Crippen LogP contribution in [0.2, 0.25) is 0 Å². The summed E-state index contributed by atoms with van der Waals surface area (Å²) in [6.45, 7) is 4.90. The number of benzene rings is 1. The van der Waals surface area contributed by atoms with Gasteiger partial charge in [0.1, 0.15) is 17.5 Å². The highest BCUT2D eigenvalue weighted by atomic mass is 32.2. The number of halogens is 1. The molecule has 1 fully saturated rings. The Hall–Kier alpha value is -2.26. The molecule has 0 aromatic heterocycles. The molecule has 0 amide bonds. The molecular weight excluding hydrogens is 381 g/mol. The topological polar surface area (TPSA) is 68.6 Å². The molecule has 3 aliphatic rings. The average Bonchev–Trinajstić information content (AvgIpc) is 3.10. The second-order valence-corrected chi connectivity index (χ2v) is 9.19. The van der Waals surface area contributed by atoms with Gasteiger partial charge in [-0.05, 0) is 24.1 Å². The molecule has 1 saturated heterocycles. The lowest BCUT2D eigenvalue weighted by Gasteiger charge is -2.36. The zero-order valence-electron chi connectivity index (χ0n) is 15.8. The van der Waals surface area contributed by atoms with Gasteiger partial charge >= 0.3 is 0 Å². The van der Waals surface area contributed by atoms with E-state index in [2.05, 4.69) is 21.7 Å². The fourth-order valence-electron chi connectivity index (χ4n) is 3.65. The molecule has 0 N–H and O–H groups in total. The molecule has 0 radical (unpaired) electrons. The third kappa shape index (κ3) is 3.95. The minimum absolute atomic E-state index is 0.185. The van der Waals surface area contributed by atoms with Crippen LogP contribution in [0.3, 0.4) is 0 Å². The molecule has 0 spiro atoms. The lowest BCUT2D eigenvalue weighted by Crippen LogP contribution is -2.48. The Morgan fingerprint density at radius 3 is 2.71 bits per heavy atom. The maximum absolute atomic E-state index is 13.3. The molecule has 0 unspecified atom stereocenters. The third-order valence-electron chi connectivity index (χ3n) is 5.27. The molecule has 4 rings (SSSR count). The highest BCUT2D eigenvalue weighted by Crippen LogP contribution is 2.21. The van der Waals surface area contributed by atoms with Gasteiger partial charge in [-0.25, -0.2) is 17.8 Å². The highest BCUT2D eigenvalue weighted by molar-refractivity contribution is 7.88. The average molecular weight is 405 g/mol. The Morgan fingerprint density at radius 1 is 1.21 bits per heavy atom. The van der Waals surface area contributed by atoms with Crippen molar-refractivity contribution < 1.29 is 12.8 Å². The summed E-state index contributed by atoms with van der Waals surface area (Å²) in [5, 5.41) is 0. The van der Waals surface area contributed by atoms with Crippen LogP contribution < -0.4 is 0 Å². The Kier molecular flexibility index (Phi) is 5.20. The van der Waals surface area contributed by atoms with Gasteiger partial charge in [-0.15, -0.1) is 0 Å². The highest BCUT2D eigenvalue weighted by Gasteiger charge is 2.30. The van der Waals surface area contributed by atoms with Crippen molar-refractivity contribution in [2.24, 2.45) is 9.98 Å². The van der Waals surface area contributed by atoms with E-state index >= 15 is 0 Å². The molecule has 3 aliphatic heterocycles. The molecular formula is C19H24FN5O2S. The molecule has 0 aliphatic carbocycles. The predicted molar refractivity (Wildman–Crippen MR) is 107 cm³/mol. The molecule has 0 bridgehead atoms. The van der Waals surface area contributed by atoms with Gasteiger partial charge in [0.15, 0.2) is 0 Å². The van der Waals surface area contributed by atoms with Gasteiger partial charge in [0.05, 0.1) is 18.1 Å². The van der Waals surface area contributed by atoms with Crippen LogP contribution in [-0.2, 0) is 15.8 Å². The van der Waals surface area contributed by atoms with Crippen molar-refractivity contribution in [1.82, 2.24) is 14.1 Å². The predicted octanol–water partition coefficient (Wildman–Crippen LogP) is 1.65. The van der Waals surface area contributed by atoms with E-state index in [-0.39, 0.29) is 5.75 Å². The van der Waals surface area contributed by atoms with Gasteiger partial charge in [0.25, 0.3) is 0 Å². The van der Waals surface area contributed by atoms with Gasteiger partial charge < -0.3 is 9.80 Å². The zero-order chi connectivity index (χ0) is 19.7. The molecule has 28 heavy (non-hydrogen) atoms. The van der Waals surface area contributed by atoms with Crippen molar-refractivity contribution in [3.8, 4) is 0 Å². The molecule has 1 aromatic carbocycles. The van der Waals surface area contributed by atoms with E-state index in [9.17, 15) is 12.8 Å².